The van der Waals surface area contributed by atoms with E-state index in [1.165, 1.54) is 5.39 Å². The Bertz CT molecular complexity index is 412. The normalized spacial score (nSPS) is 10.2. The molecule has 0 bridgehead atoms. The van der Waals surface area contributed by atoms with E-state index in [0.29, 0.717) is 6.61 Å². The van der Waals surface area contributed by atoms with E-state index in [2.05, 4.69) is 11.1 Å². The first-order valence-corrected chi connectivity index (χ1v) is 4.43. The van der Waals surface area contributed by atoms with Gasteiger partial charge in [-0.1, -0.05) is 0 Å². The van der Waals surface area contributed by atoms with Crippen molar-refractivity contribution in [1.82, 2.24) is 0 Å². The standard InChI is InChI=1S/C11H11NO/c1-2-13-10-5-6-11-9(8-10)4-3-7-12-11/h3-8H,2H2,1H3/p+1. The van der Waals surface area contributed by atoms with E-state index >= 15 is 0 Å². The van der Waals surface area contributed by atoms with Gasteiger partial charge in [0.2, 0.25) is 5.52 Å². The fraction of sp³-hybridized carbons (Fsp3) is 0.182. The molecule has 2 rings (SSSR count). The van der Waals surface area contributed by atoms with Gasteiger partial charge in [0, 0.05) is 17.5 Å². The first-order valence-electron chi connectivity index (χ1n) is 4.43. The molecule has 0 unspecified atom stereocenters. The molecule has 1 aromatic carbocycles. The number of pyridine rings is 1. The molecule has 0 aliphatic rings. The lowest BCUT2D eigenvalue weighted by atomic mass is 10.2. The predicted molar refractivity (Wildman–Crippen MR) is 51.7 cm³/mol. The predicted octanol–water partition coefficient (Wildman–Crippen LogP) is 2.05. The van der Waals surface area contributed by atoms with Gasteiger partial charge in [-0.25, -0.2) is 4.98 Å². The van der Waals surface area contributed by atoms with Gasteiger partial charge in [-0.05, 0) is 25.1 Å². The number of benzene rings is 1. The molecule has 2 aromatic rings. The molecule has 1 heterocycles. The summed E-state index contributed by atoms with van der Waals surface area (Å²) in [4.78, 5) is 3.16. The third kappa shape index (κ3) is 1.61. The Kier molecular flexibility index (Phi) is 2.13. The lowest BCUT2D eigenvalue weighted by Gasteiger charge is -2.01. The van der Waals surface area contributed by atoms with Crippen molar-refractivity contribution in [2.45, 2.75) is 6.92 Å². The van der Waals surface area contributed by atoms with Gasteiger partial charge in [0.05, 0.1) is 6.61 Å². The maximum atomic E-state index is 5.40. The summed E-state index contributed by atoms with van der Waals surface area (Å²) < 4.78 is 5.40. The minimum atomic E-state index is 0.710. The van der Waals surface area contributed by atoms with Crippen LogP contribution in [0.1, 0.15) is 6.92 Å². The van der Waals surface area contributed by atoms with Crippen LogP contribution in [0, 0.1) is 0 Å². The zero-order chi connectivity index (χ0) is 9.10. The highest BCUT2D eigenvalue weighted by Gasteiger charge is 1.99. The molecule has 0 amide bonds. The van der Waals surface area contributed by atoms with E-state index in [0.717, 1.165) is 11.3 Å². The Balaban J connectivity index is 2.49. The van der Waals surface area contributed by atoms with E-state index in [4.69, 9.17) is 4.74 Å². The highest BCUT2D eigenvalue weighted by Crippen LogP contribution is 2.16. The Hall–Kier alpha value is -1.57. The van der Waals surface area contributed by atoms with Crippen molar-refractivity contribution in [2.24, 2.45) is 0 Å². The molecule has 0 saturated heterocycles. The first kappa shape index (κ1) is 8.05. The van der Waals surface area contributed by atoms with Gasteiger partial charge in [-0.15, -0.1) is 0 Å². The second kappa shape index (κ2) is 3.44. The average Bonchev–Trinajstić information content (AvgIpc) is 2.18. The second-order valence-electron chi connectivity index (χ2n) is 2.85. The molecule has 1 aromatic heterocycles. The summed E-state index contributed by atoms with van der Waals surface area (Å²) in [5, 5.41) is 1.17. The van der Waals surface area contributed by atoms with Gasteiger partial charge >= 0.3 is 0 Å². The quantitative estimate of drug-likeness (QED) is 0.683. The third-order valence-corrected chi connectivity index (χ3v) is 1.94. The fourth-order valence-electron chi connectivity index (χ4n) is 1.36. The van der Waals surface area contributed by atoms with Crippen LogP contribution in [0.15, 0.2) is 36.5 Å². The maximum absolute atomic E-state index is 5.40. The van der Waals surface area contributed by atoms with Crippen LogP contribution in [0.4, 0.5) is 0 Å². The molecule has 0 aliphatic heterocycles. The van der Waals surface area contributed by atoms with Gasteiger partial charge in [0.15, 0.2) is 6.20 Å². The zero-order valence-electron chi connectivity index (χ0n) is 7.58. The van der Waals surface area contributed by atoms with Crippen LogP contribution in [-0.4, -0.2) is 6.61 Å². The first-order chi connectivity index (χ1) is 6.40. The summed E-state index contributed by atoms with van der Waals surface area (Å²) >= 11 is 0. The SMILES string of the molecule is CCOc1ccc2[nH+]cccc2c1. The number of ether oxygens (including phenoxy) is 1. The van der Waals surface area contributed by atoms with E-state index in [-0.39, 0.29) is 0 Å². The van der Waals surface area contributed by atoms with Crippen molar-refractivity contribution < 1.29 is 9.72 Å². The van der Waals surface area contributed by atoms with Crippen LogP contribution in [-0.2, 0) is 0 Å². The molecule has 0 radical (unpaired) electrons. The summed E-state index contributed by atoms with van der Waals surface area (Å²) in [5.74, 6) is 0.926. The molecule has 0 atom stereocenters. The monoisotopic (exact) mass is 174 g/mol. The highest BCUT2D eigenvalue weighted by molar-refractivity contribution is 5.76. The molecule has 0 aliphatic carbocycles. The van der Waals surface area contributed by atoms with Crippen molar-refractivity contribution in [3.63, 3.8) is 0 Å². The van der Waals surface area contributed by atoms with Crippen LogP contribution >= 0.6 is 0 Å². The maximum Gasteiger partial charge on any atom is 0.211 e. The number of hydrogen-bond acceptors (Lipinski definition) is 1. The topological polar surface area (TPSA) is 23.4 Å². The van der Waals surface area contributed by atoms with Crippen molar-refractivity contribution >= 4 is 10.9 Å². The van der Waals surface area contributed by atoms with Gasteiger partial charge in [0.25, 0.3) is 0 Å². The molecular weight excluding hydrogens is 162 g/mol. The van der Waals surface area contributed by atoms with Crippen molar-refractivity contribution in [3.8, 4) is 5.75 Å². The minimum absolute atomic E-state index is 0.710. The summed E-state index contributed by atoms with van der Waals surface area (Å²) in [5.41, 5.74) is 1.13. The fourth-order valence-corrected chi connectivity index (χ4v) is 1.36. The third-order valence-electron chi connectivity index (χ3n) is 1.94. The Morgan fingerprint density at radius 1 is 1.31 bits per heavy atom. The number of nitrogens with one attached hydrogen (secondary N) is 1. The Labute approximate surface area is 77.2 Å². The van der Waals surface area contributed by atoms with Crippen molar-refractivity contribution in [1.29, 1.82) is 0 Å². The summed E-state index contributed by atoms with van der Waals surface area (Å²) in [6, 6.07) is 10.1. The second-order valence-corrected chi connectivity index (χ2v) is 2.85. The molecule has 1 N–H and O–H groups in total. The Morgan fingerprint density at radius 2 is 2.23 bits per heavy atom. The van der Waals surface area contributed by atoms with Crippen molar-refractivity contribution in [3.05, 3.63) is 36.5 Å². The van der Waals surface area contributed by atoms with Crippen molar-refractivity contribution in [2.75, 3.05) is 6.61 Å². The lowest BCUT2D eigenvalue weighted by molar-refractivity contribution is -0.344. The minimum Gasteiger partial charge on any atom is -0.494 e. The van der Waals surface area contributed by atoms with E-state index in [1.54, 1.807) is 0 Å². The smallest absolute Gasteiger partial charge is 0.211 e. The van der Waals surface area contributed by atoms with E-state index < -0.39 is 0 Å². The van der Waals surface area contributed by atoms with Crippen LogP contribution in [0.5, 0.6) is 5.75 Å². The van der Waals surface area contributed by atoms with Crippen LogP contribution in [0.25, 0.3) is 10.9 Å². The molecule has 0 saturated carbocycles. The largest absolute Gasteiger partial charge is 0.494 e. The van der Waals surface area contributed by atoms with Gasteiger partial charge < -0.3 is 4.74 Å². The van der Waals surface area contributed by atoms with Crippen LogP contribution in [0.2, 0.25) is 0 Å². The molecule has 0 spiro atoms. The molecule has 2 heteroatoms. The summed E-state index contributed by atoms with van der Waals surface area (Å²) in [7, 11) is 0. The number of fused-ring (bicyclic) bond motifs is 1. The zero-order valence-corrected chi connectivity index (χ0v) is 7.58. The molecule has 13 heavy (non-hydrogen) atoms. The Morgan fingerprint density at radius 3 is 3.08 bits per heavy atom. The number of hydrogen-bond donors (Lipinski definition) is 0. The number of H-pyrrole nitrogens is 1. The average molecular weight is 174 g/mol. The van der Waals surface area contributed by atoms with Crippen LogP contribution in [0.3, 0.4) is 0 Å². The molecule has 2 nitrogen and oxygen atoms in total. The summed E-state index contributed by atoms with van der Waals surface area (Å²) in [6.07, 6.45) is 1.92. The molecular formula is C11H12NO+. The van der Waals surface area contributed by atoms with Crippen LogP contribution < -0.4 is 9.72 Å². The van der Waals surface area contributed by atoms with Gasteiger partial charge in [0.1, 0.15) is 5.75 Å². The molecule has 66 valence electrons. The summed E-state index contributed by atoms with van der Waals surface area (Å²) in [6.45, 7) is 2.70. The van der Waals surface area contributed by atoms with Gasteiger partial charge in [-0.3, -0.25) is 0 Å². The number of rotatable bonds is 2. The van der Waals surface area contributed by atoms with E-state index in [1.807, 2.05) is 37.4 Å². The lowest BCUT2D eigenvalue weighted by Crippen LogP contribution is -2.01. The molecule has 0 fully saturated rings. The van der Waals surface area contributed by atoms with Gasteiger partial charge in [-0.2, -0.15) is 0 Å². The number of aromatic amines is 1. The number of aromatic nitrogens is 1. The highest BCUT2D eigenvalue weighted by atomic mass is 16.5. The van der Waals surface area contributed by atoms with E-state index in [9.17, 15) is 0 Å².